The predicted octanol–water partition coefficient (Wildman–Crippen LogP) is 3.40. The molecule has 0 fully saturated rings. The van der Waals surface area contributed by atoms with Gasteiger partial charge in [0.2, 0.25) is 0 Å². The fraction of sp³-hybridized carbons (Fsp3) is 0.125. The van der Waals surface area contributed by atoms with Gasteiger partial charge < -0.3 is 5.11 Å². The Kier molecular flexibility index (Phi) is 4.08. The third-order valence-corrected chi connectivity index (χ3v) is 2.88. The van der Waals surface area contributed by atoms with E-state index in [1.165, 1.54) is 0 Å². The van der Waals surface area contributed by atoms with Crippen molar-refractivity contribution in [1.82, 2.24) is 0 Å². The molecule has 0 aliphatic heterocycles. The number of ketones is 1. The second kappa shape index (κ2) is 5.96. The highest BCUT2D eigenvalue weighted by Crippen LogP contribution is 2.24. The summed E-state index contributed by atoms with van der Waals surface area (Å²) in [7, 11) is 0. The van der Waals surface area contributed by atoms with Gasteiger partial charge in [-0.1, -0.05) is 54.6 Å². The first-order chi connectivity index (χ1) is 9.18. The molecule has 3 nitrogen and oxygen atoms in total. The Bertz CT molecular complexity index is 588. The number of carboxylic acid groups (broad SMARTS) is 1. The largest absolute Gasteiger partial charge is 0.481 e. The molecule has 96 valence electrons. The van der Waals surface area contributed by atoms with Crippen LogP contribution >= 0.6 is 0 Å². The topological polar surface area (TPSA) is 54.4 Å². The number of carboxylic acids is 1. The second-order valence-electron chi connectivity index (χ2n) is 4.23. The Morgan fingerprint density at radius 2 is 1.47 bits per heavy atom. The summed E-state index contributed by atoms with van der Waals surface area (Å²) in [6.45, 7) is 0. The Labute approximate surface area is 111 Å². The fourth-order valence-electron chi connectivity index (χ4n) is 1.95. The van der Waals surface area contributed by atoms with E-state index in [1.54, 1.807) is 12.1 Å². The first-order valence-electron chi connectivity index (χ1n) is 6.08. The number of benzene rings is 2. The van der Waals surface area contributed by atoms with Crippen LogP contribution < -0.4 is 0 Å². The molecule has 0 atom stereocenters. The van der Waals surface area contributed by atoms with Gasteiger partial charge in [0.1, 0.15) is 0 Å². The summed E-state index contributed by atoms with van der Waals surface area (Å²) in [5, 5.41) is 8.64. The van der Waals surface area contributed by atoms with E-state index >= 15 is 0 Å². The molecule has 0 saturated carbocycles. The van der Waals surface area contributed by atoms with Gasteiger partial charge in [-0.15, -0.1) is 0 Å². The fourth-order valence-corrected chi connectivity index (χ4v) is 1.95. The molecule has 0 aliphatic rings. The lowest BCUT2D eigenvalue weighted by atomic mass is 9.95. The van der Waals surface area contributed by atoms with E-state index in [-0.39, 0.29) is 18.6 Å². The molecule has 19 heavy (non-hydrogen) atoms. The highest BCUT2D eigenvalue weighted by molar-refractivity contribution is 6.03. The summed E-state index contributed by atoms with van der Waals surface area (Å²) < 4.78 is 0. The number of carbonyl (C=O) groups is 2. The van der Waals surface area contributed by atoms with E-state index in [2.05, 4.69) is 0 Å². The van der Waals surface area contributed by atoms with Crippen molar-refractivity contribution in [2.45, 2.75) is 12.8 Å². The monoisotopic (exact) mass is 254 g/mol. The van der Waals surface area contributed by atoms with E-state index in [0.29, 0.717) is 5.56 Å². The molecule has 0 radical (unpaired) electrons. The number of Topliss-reactive ketones (excluding diaryl/α,β-unsaturated/α-hetero) is 1. The lowest BCUT2D eigenvalue weighted by Crippen LogP contribution is -2.05. The number of carbonyl (C=O) groups excluding carboxylic acids is 1. The first-order valence-corrected chi connectivity index (χ1v) is 6.08. The summed E-state index contributed by atoms with van der Waals surface area (Å²) in [5.74, 6) is -1.09. The van der Waals surface area contributed by atoms with Crippen LogP contribution in [-0.4, -0.2) is 16.9 Å². The number of hydrogen-bond donors (Lipinski definition) is 1. The zero-order valence-electron chi connectivity index (χ0n) is 10.4. The van der Waals surface area contributed by atoms with Crippen LogP contribution in [0.15, 0.2) is 54.6 Å². The molecule has 0 amide bonds. The van der Waals surface area contributed by atoms with Gasteiger partial charge in [-0.05, 0) is 11.1 Å². The quantitative estimate of drug-likeness (QED) is 0.832. The molecule has 1 N–H and O–H groups in total. The van der Waals surface area contributed by atoms with Gasteiger partial charge in [0.25, 0.3) is 0 Å². The molecule has 0 bridgehead atoms. The van der Waals surface area contributed by atoms with Crippen molar-refractivity contribution in [2.75, 3.05) is 0 Å². The Hall–Kier alpha value is -2.42. The van der Waals surface area contributed by atoms with E-state index in [4.69, 9.17) is 5.11 Å². The van der Waals surface area contributed by atoms with Gasteiger partial charge in [0.05, 0.1) is 6.42 Å². The maximum Gasteiger partial charge on any atom is 0.303 e. The summed E-state index contributed by atoms with van der Waals surface area (Å²) in [6.07, 6.45) is -0.110. The third kappa shape index (κ3) is 3.28. The molecule has 0 saturated heterocycles. The van der Waals surface area contributed by atoms with Crippen LogP contribution in [0.3, 0.4) is 0 Å². The van der Waals surface area contributed by atoms with E-state index in [1.807, 2.05) is 42.5 Å². The maximum atomic E-state index is 12.1. The van der Waals surface area contributed by atoms with Crippen LogP contribution in [0.25, 0.3) is 11.1 Å². The van der Waals surface area contributed by atoms with Gasteiger partial charge in [-0.25, -0.2) is 0 Å². The second-order valence-corrected chi connectivity index (χ2v) is 4.23. The van der Waals surface area contributed by atoms with Crippen molar-refractivity contribution < 1.29 is 14.7 Å². The van der Waals surface area contributed by atoms with Crippen LogP contribution in [0, 0.1) is 0 Å². The minimum Gasteiger partial charge on any atom is -0.481 e. The van der Waals surface area contributed by atoms with Crippen molar-refractivity contribution in [3.05, 3.63) is 60.2 Å². The molecule has 0 spiro atoms. The molecular formula is C16H14O3. The van der Waals surface area contributed by atoms with E-state index in [9.17, 15) is 9.59 Å². The summed E-state index contributed by atoms with van der Waals surface area (Å²) in [6, 6.07) is 16.9. The van der Waals surface area contributed by atoms with Gasteiger partial charge in [0.15, 0.2) is 5.78 Å². The van der Waals surface area contributed by atoms with Gasteiger partial charge in [-0.3, -0.25) is 9.59 Å². The van der Waals surface area contributed by atoms with Gasteiger partial charge >= 0.3 is 5.97 Å². The lowest BCUT2D eigenvalue weighted by molar-refractivity contribution is -0.136. The smallest absolute Gasteiger partial charge is 0.303 e. The Morgan fingerprint density at radius 3 is 2.16 bits per heavy atom. The summed E-state index contributed by atoms with van der Waals surface area (Å²) >= 11 is 0. The van der Waals surface area contributed by atoms with Gasteiger partial charge in [0, 0.05) is 12.0 Å². The highest BCUT2D eigenvalue weighted by atomic mass is 16.4. The van der Waals surface area contributed by atoms with Crippen LogP contribution in [0.4, 0.5) is 0 Å². The molecule has 2 aromatic carbocycles. The molecule has 2 aromatic rings. The van der Waals surface area contributed by atoms with Crippen molar-refractivity contribution in [1.29, 1.82) is 0 Å². The zero-order chi connectivity index (χ0) is 13.7. The molecule has 3 heteroatoms. The number of rotatable bonds is 5. The van der Waals surface area contributed by atoms with Crippen molar-refractivity contribution >= 4 is 11.8 Å². The normalized spacial score (nSPS) is 10.1. The molecule has 2 rings (SSSR count). The average Bonchev–Trinajstić information content (AvgIpc) is 2.45. The lowest BCUT2D eigenvalue weighted by Gasteiger charge is -2.08. The van der Waals surface area contributed by atoms with Crippen LogP contribution in [0.1, 0.15) is 23.2 Å². The van der Waals surface area contributed by atoms with Gasteiger partial charge in [-0.2, -0.15) is 0 Å². The van der Waals surface area contributed by atoms with E-state index in [0.717, 1.165) is 11.1 Å². The minimum absolute atomic E-state index is 0.0270. The Morgan fingerprint density at radius 1 is 0.842 bits per heavy atom. The minimum atomic E-state index is -0.953. The molecule has 0 aliphatic carbocycles. The first kappa shape index (κ1) is 13.0. The predicted molar refractivity (Wildman–Crippen MR) is 73.1 cm³/mol. The van der Waals surface area contributed by atoms with Crippen molar-refractivity contribution in [2.24, 2.45) is 0 Å². The SMILES string of the molecule is O=C(O)CCC(=O)c1ccccc1-c1ccccc1. The average molecular weight is 254 g/mol. The standard InChI is InChI=1S/C16H14O3/c17-15(10-11-16(18)19)14-9-5-4-8-13(14)12-6-2-1-3-7-12/h1-9H,10-11H2,(H,18,19). The number of aliphatic carboxylic acids is 1. The zero-order valence-corrected chi connectivity index (χ0v) is 10.4. The van der Waals surface area contributed by atoms with Crippen LogP contribution in [0.5, 0.6) is 0 Å². The van der Waals surface area contributed by atoms with E-state index < -0.39 is 5.97 Å². The Balaban J connectivity index is 2.31. The third-order valence-electron chi connectivity index (χ3n) is 2.88. The molecule has 0 heterocycles. The molecule has 0 unspecified atom stereocenters. The summed E-state index contributed by atoms with van der Waals surface area (Å²) in [4.78, 5) is 22.6. The molecule has 0 aromatic heterocycles. The maximum absolute atomic E-state index is 12.1. The van der Waals surface area contributed by atoms with Crippen LogP contribution in [-0.2, 0) is 4.79 Å². The van der Waals surface area contributed by atoms with Crippen molar-refractivity contribution in [3.8, 4) is 11.1 Å². The number of hydrogen-bond acceptors (Lipinski definition) is 2. The molecular weight excluding hydrogens is 240 g/mol. The van der Waals surface area contributed by atoms with Crippen LogP contribution in [0.2, 0.25) is 0 Å². The highest BCUT2D eigenvalue weighted by Gasteiger charge is 2.13. The van der Waals surface area contributed by atoms with Crippen molar-refractivity contribution in [3.63, 3.8) is 0 Å². The summed E-state index contributed by atoms with van der Waals surface area (Å²) in [5.41, 5.74) is 2.38.